The van der Waals surface area contributed by atoms with Gasteiger partial charge in [-0.3, -0.25) is 15.0 Å². The lowest BCUT2D eigenvalue weighted by Gasteiger charge is -2.26. The van der Waals surface area contributed by atoms with Crippen LogP contribution in [0.4, 0.5) is 0 Å². The van der Waals surface area contributed by atoms with Gasteiger partial charge in [0.15, 0.2) is 17.3 Å². The highest BCUT2D eigenvalue weighted by atomic mass is 32.1. The molecule has 3 heterocycles. The van der Waals surface area contributed by atoms with Gasteiger partial charge in [-0.1, -0.05) is 26.8 Å². The highest BCUT2D eigenvalue weighted by Gasteiger charge is 2.32. The number of hydrogen-bond acceptors (Lipinski definition) is 8. The van der Waals surface area contributed by atoms with Crippen molar-refractivity contribution in [3.63, 3.8) is 0 Å². The van der Waals surface area contributed by atoms with Crippen molar-refractivity contribution in [2.24, 2.45) is 0 Å². The van der Waals surface area contributed by atoms with E-state index in [-0.39, 0.29) is 24.2 Å². The smallest absolute Gasteiger partial charge is 0.303 e. The van der Waals surface area contributed by atoms with Gasteiger partial charge in [0.25, 0.3) is 0 Å². The molecule has 228 valence electrons. The molecular formula is C33H40N4O5S. The Kier molecular flexibility index (Phi) is 9.44. The minimum absolute atomic E-state index is 0.0659. The number of aromatic nitrogens is 2. The van der Waals surface area contributed by atoms with E-state index in [1.54, 1.807) is 28.5 Å². The number of benzene rings is 1. The SMILES string of the molecule is CC(C)(C)c1cc(C(=O)CN2Cc3ccc(C4CC4)nc3C2=N)cc(OCCCc2nccs2)c1OCCCCC(=O)O. The largest absolute Gasteiger partial charge is 0.490 e. The maximum absolute atomic E-state index is 13.8. The molecule has 0 radical (unpaired) electrons. The molecule has 0 saturated heterocycles. The molecule has 0 bridgehead atoms. The molecule has 43 heavy (non-hydrogen) atoms. The number of carboxylic acids is 1. The van der Waals surface area contributed by atoms with Crippen LogP contribution >= 0.6 is 11.3 Å². The zero-order valence-electron chi connectivity index (χ0n) is 25.1. The molecule has 1 aliphatic heterocycles. The number of amidine groups is 1. The summed E-state index contributed by atoms with van der Waals surface area (Å²) in [6.07, 6.45) is 6.84. The number of pyridine rings is 1. The van der Waals surface area contributed by atoms with Crippen LogP contribution in [0.1, 0.15) is 103 Å². The highest BCUT2D eigenvalue weighted by molar-refractivity contribution is 7.09. The molecule has 0 amide bonds. The van der Waals surface area contributed by atoms with Crippen LogP contribution in [-0.4, -0.2) is 57.3 Å². The maximum atomic E-state index is 13.8. The molecule has 1 aromatic carbocycles. The summed E-state index contributed by atoms with van der Waals surface area (Å²) < 4.78 is 12.5. The number of ether oxygens (including phenoxy) is 2. The number of ketones is 1. The van der Waals surface area contributed by atoms with E-state index in [1.807, 2.05) is 17.5 Å². The van der Waals surface area contributed by atoms with Crippen molar-refractivity contribution in [3.8, 4) is 11.5 Å². The minimum atomic E-state index is -0.823. The topological polar surface area (TPSA) is 126 Å². The molecule has 0 atom stereocenters. The normalized spacial score (nSPS) is 14.6. The number of nitrogens with zero attached hydrogens (tertiary/aromatic N) is 3. The quantitative estimate of drug-likeness (QED) is 0.151. The molecule has 5 rings (SSSR count). The van der Waals surface area contributed by atoms with Gasteiger partial charge in [-0.15, -0.1) is 11.3 Å². The third-order valence-electron chi connectivity index (χ3n) is 7.72. The van der Waals surface area contributed by atoms with Crippen LogP contribution in [0.3, 0.4) is 0 Å². The Bertz CT molecular complexity index is 1480. The van der Waals surface area contributed by atoms with Crippen molar-refractivity contribution in [1.29, 1.82) is 5.41 Å². The Morgan fingerprint density at radius 3 is 2.60 bits per heavy atom. The molecule has 10 heteroatoms. The number of carbonyl (C=O) groups is 2. The van der Waals surface area contributed by atoms with Crippen molar-refractivity contribution in [2.75, 3.05) is 19.8 Å². The lowest BCUT2D eigenvalue weighted by Crippen LogP contribution is -2.30. The first-order valence-corrected chi connectivity index (χ1v) is 15.9. The first-order valence-electron chi connectivity index (χ1n) is 15.0. The van der Waals surface area contributed by atoms with Crippen LogP contribution in [0.15, 0.2) is 35.8 Å². The van der Waals surface area contributed by atoms with Crippen LogP contribution in [0.5, 0.6) is 11.5 Å². The number of carboxylic acid groups (broad SMARTS) is 1. The Labute approximate surface area is 256 Å². The zero-order chi connectivity index (χ0) is 30.6. The number of hydrogen-bond donors (Lipinski definition) is 2. The molecule has 1 saturated carbocycles. The van der Waals surface area contributed by atoms with Crippen LogP contribution in [0.2, 0.25) is 0 Å². The van der Waals surface area contributed by atoms with Gasteiger partial charge in [0.1, 0.15) is 11.5 Å². The molecule has 1 aliphatic carbocycles. The van der Waals surface area contributed by atoms with E-state index in [2.05, 4.69) is 31.8 Å². The molecule has 1 fully saturated rings. The van der Waals surface area contributed by atoms with Crippen molar-refractivity contribution in [1.82, 2.24) is 14.9 Å². The summed E-state index contributed by atoms with van der Waals surface area (Å²) in [5.41, 5.74) is 3.71. The molecule has 0 spiro atoms. The van der Waals surface area contributed by atoms with Crippen LogP contribution in [0.25, 0.3) is 0 Å². The lowest BCUT2D eigenvalue weighted by atomic mass is 9.84. The van der Waals surface area contributed by atoms with E-state index in [0.717, 1.165) is 47.5 Å². The molecule has 2 aromatic heterocycles. The minimum Gasteiger partial charge on any atom is -0.490 e. The van der Waals surface area contributed by atoms with E-state index in [4.69, 9.17) is 25.0 Å². The predicted octanol–water partition coefficient (Wildman–Crippen LogP) is 6.38. The summed E-state index contributed by atoms with van der Waals surface area (Å²) in [5, 5.41) is 20.7. The number of fused-ring (bicyclic) bond motifs is 1. The first kappa shape index (κ1) is 30.7. The average molecular weight is 605 g/mol. The van der Waals surface area contributed by atoms with E-state index in [0.29, 0.717) is 67.1 Å². The van der Waals surface area contributed by atoms with Gasteiger partial charge >= 0.3 is 5.97 Å². The summed E-state index contributed by atoms with van der Waals surface area (Å²) in [6, 6.07) is 7.74. The number of aliphatic carboxylic acids is 1. The lowest BCUT2D eigenvalue weighted by molar-refractivity contribution is -0.137. The van der Waals surface area contributed by atoms with Gasteiger partial charge in [-0.05, 0) is 55.7 Å². The number of nitrogens with one attached hydrogen (secondary N) is 1. The molecule has 2 aliphatic rings. The van der Waals surface area contributed by atoms with E-state index < -0.39 is 5.97 Å². The van der Waals surface area contributed by atoms with Crippen molar-refractivity contribution in [2.45, 2.75) is 83.6 Å². The summed E-state index contributed by atoms with van der Waals surface area (Å²) in [6.45, 7) is 7.52. The second-order valence-electron chi connectivity index (χ2n) is 12.3. The summed E-state index contributed by atoms with van der Waals surface area (Å²) in [4.78, 5) is 35.6. The molecule has 9 nitrogen and oxygen atoms in total. The van der Waals surface area contributed by atoms with Crippen molar-refractivity contribution >= 4 is 28.9 Å². The van der Waals surface area contributed by atoms with E-state index in [9.17, 15) is 9.59 Å². The summed E-state index contributed by atoms with van der Waals surface area (Å²) in [7, 11) is 0. The summed E-state index contributed by atoms with van der Waals surface area (Å²) in [5.74, 6) is 0.960. The van der Waals surface area contributed by atoms with Crippen LogP contribution in [0, 0.1) is 5.41 Å². The fraction of sp³-hybridized carbons (Fsp3) is 0.485. The number of thiazole rings is 1. The fourth-order valence-electron chi connectivity index (χ4n) is 5.19. The Morgan fingerprint density at radius 1 is 1.12 bits per heavy atom. The number of Topliss-reactive ketones (excluding diaryl/α,β-unsaturated/α-hetero) is 1. The number of unbranched alkanes of at least 4 members (excludes halogenated alkanes) is 1. The fourth-order valence-corrected chi connectivity index (χ4v) is 5.85. The molecule has 3 aromatic rings. The Balaban J connectivity index is 1.35. The predicted molar refractivity (Wildman–Crippen MR) is 166 cm³/mol. The second-order valence-corrected chi connectivity index (χ2v) is 13.3. The van der Waals surface area contributed by atoms with Gasteiger partial charge in [0.05, 0.1) is 24.8 Å². The maximum Gasteiger partial charge on any atom is 0.303 e. The Morgan fingerprint density at radius 2 is 1.91 bits per heavy atom. The monoisotopic (exact) mass is 604 g/mol. The molecule has 0 unspecified atom stereocenters. The van der Waals surface area contributed by atoms with Gasteiger partial charge in [-0.2, -0.15) is 0 Å². The van der Waals surface area contributed by atoms with Gasteiger partial charge in [-0.25, -0.2) is 9.97 Å². The van der Waals surface area contributed by atoms with Gasteiger partial charge in [0, 0.05) is 59.3 Å². The van der Waals surface area contributed by atoms with Crippen LogP contribution < -0.4 is 9.47 Å². The molecular weight excluding hydrogens is 564 g/mol. The second kappa shape index (κ2) is 13.2. The first-order chi connectivity index (χ1) is 20.6. The highest BCUT2D eigenvalue weighted by Crippen LogP contribution is 2.41. The third-order valence-corrected chi connectivity index (χ3v) is 8.56. The average Bonchev–Trinajstić information content (AvgIpc) is 3.60. The number of carbonyl (C=O) groups excluding carboxylic acids is 1. The van der Waals surface area contributed by atoms with Gasteiger partial charge in [0.2, 0.25) is 0 Å². The standard InChI is InChI=1S/C33H40N4O5S/c1-33(2,3)24-17-23(26(38)20-37-19-22-11-12-25(21-9-10-21)36-30(22)32(37)34)18-27(31(24)42-14-5-4-8-29(39)40)41-15-6-7-28-35-13-16-43-28/h11-13,16-18,21,34H,4-10,14-15,19-20H2,1-3H3,(H,39,40). The molecule has 2 N–H and O–H groups in total. The van der Waals surface area contributed by atoms with E-state index >= 15 is 0 Å². The van der Waals surface area contributed by atoms with Crippen LogP contribution in [-0.2, 0) is 23.2 Å². The van der Waals surface area contributed by atoms with Crippen molar-refractivity contribution < 1.29 is 24.2 Å². The van der Waals surface area contributed by atoms with E-state index in [1.165, 1.54) is 0 Å². The number of aryl methyl sites for hydroxylation is 1. The third kappa shape index (κ3) is 7.79. The number of rotatable bonds is 15. The van der Waals surface area contributed by atoms with Crippen molar-refractivity contribution in [3.05, 3.63) is 68.9 Å². The Hall–Kier alpha value is -3.79. The summed E-state index contributed by atoms with van der Waals surface area (Å²) >= 11 is 1.61. The van der Waals surface area contributed by atoms with Gasteiger partial charge < -0.3 is 19.5 Å². The zero-order valence-corrected chi connectivity index (χ0v) is 26.0.